The van der Waals surface area contributed by atoms with E-state index in [9.17, 15) is 9.59 Å². The minimum Gasteiger partial charge on any atom is -0.496 e. The molecule has 0 saturated carbocycles. The molecule has 0 spiro atoms. The summed E-state index contributed by atoms with van der Waals surface area (Å²) >= 11 is 6.76. The molecule has 0 aliphatic heterocycles. The number of hydrogen-bond acceptors (Lipinski definition) is 3. The lowest BCUT2D eigenvalue weighted by molar-refractivity contribution is -0.113. The predicted octanol–water partition coefficient (Wildman–Crippen LogP) is 5.63. The quantitative estimate of drug-likeness (QED) is 0.407. The van der Waals surface area contributed by atoms with Gasteiger partial charge in [0, 0.05) is 14.6 Å². The maximum absolute atomic E-state index is 12.9. The Hall–Kier alpha value is -2.90. The second-order valence-corrected chi connectivity index (χ2v) is 8.06. The number of benzene rings is 3. The Bertz CT molecular complexity index is 1080. The molecule has 30 heavy (non-hydrogen) atoms. The fourth-order valence-corrected chi connectivity index (χ4v) is 3.17. The largest absolute Gasteiger partial charge is 0.496 e. The van der Waals surface area contributed by atoms with Gasteiger partial charge in [0.15, 0.2) is 0 Å². The van der Waals surface area contributed by atoms with E-state index in [1.54, 1.807) is 42.5 Å². The summed E-state index contributed by atoms with van der Waals surface area (Å²) in [4.78, 5) is 25.8. The van der Waals surface area contributed by atoms with Crippen LogP contribution in [0.5, 0.6) is 5.75 Å². The van der Waals surface area contributed by atoms with Crippen LogP contribution in [0.3, 0.4) is 0 Å². The molecular formula is C23H18Br2N2O3. The molecule has 0 radical (unpaired) electrons. The van der Waals surface area contributed by atoms with E-state index in [2.05, 4.69) is 42.5 Å². The fraction of sp³-hybridized carbons (Fsp3) is 0.0435. The number of carbonyl (C=O) groups is 2. The average molecular weight is 530 g/mol. The molecule has 0 aromatic heterocycles. The van der Waals surface area contributed by atoms with E-state index in [4.69, 9.17) is 4.74 Å². The number of amides is 2. The molecule has 0 unspecified atom stereocenters. The molecule has 0 aliphatic carbocycles. The van der Waals surface area contributed by atoms with Crippen molar-refractivity contribution in [3.8, 4) is 5.75 Å². The van der Waals surface area contributed by atoms with Crippen molar-refractivity contribution in [3.63, 3.8) is 0 Å². The smallest absolute Gasteiger partial charge is 0.272 e. The number of methoxy groups -OCH3 is 1. The zero-order valence-corrected chi connectivity index (χ0v) is 19.2. The number of rotatable bonds is 6. The molecule has 152 valence electrons. The second-order valence-electron chi connectivity index (χ2n) is 6.22. The van der Waals surface area contributed by atoms with Crippen LogP contribution in [0.15, 0.2) is 87.4 Å². The Kier molecular flexibility index (Phi) is 7.43. The molecule has 3 aromatic carbocycles. The Morgan fingerprint density at radius 3 is 2.10 bits per heavy atom. The van der Waals surface area contributed by atoms with E-state index >= 15 is 0 Å². The number of carbonyl (C=O) groups excluding carboxylic acids is 2. The Morgan fingerprint density at radius 2 is 1.47 bits per heavy atom. The number of nitrogens with one attached hydrogen (secondary N) is 2. The van der Waals surface area contributed by atoms with Crippen molar-refractivity contribution in [1.82, 2.24) is 5.32 Å². The third kappa shape index (κ3) is 5.81. The van der Waals surface area contributed by atoms with Crippen molar-refractivity contribution in [2.75, 3.05) is 12.4 Å². The predicted molar refractivity (Wildman–Crippen MR) is 125 cm³/mol. The molecule has 0 atom stereocenters. The van der Waals surface area contributed by atoms with E-state index in [-0.39, 0.29) is 5.70 Å². The molecule has 2 N–H and O–H groups in total. The minimum atomic E-state index is -0.443. The SMILES string of the molecule is COc1ccccc1C(=O)NC(=Cc1ccc(Br)cc1)C(=O)Nc1ccc(Br)cc1. The Balaban J connectivity index is 1.90. The maximum atomic E-state index is 12.9. The summed E-state index contributed by atoms with van der Waals surface area (Å²) in [6.45, 7) is 0. The van der Waals surface area contributed by atoms with Gasteiger partial charge in [0.05, 0.1) is 12.7 Å². The van der Waals surface area contributed by atoms with Crippen LogP contribution in [0.1, 0.15) is 15.9 Å². The first-order valence-electron chi connectivity index (χ1n) is 8.95. The Labute approximate surface area is 191 Å². The molecule has 0 saturated heterocycles. The lowest BCUT2D eigenvalue weighted by Gasteiger charge is -2.13. The lowest BCUT2D eigenvalue weighted by atomic mass is 10.1. The molecule has 3 aromatic rings. The first-order valence-corrected chi connectivity index (χ1v) is 10.5. The van der Waals surface area contributed by atoms with Gasteiger partial charge in [-0.15, -0.1) is 0 Å². The average Bonchev–Trinajstić information content (AvgIpc) is 2.76. The molecule has 7 heteroatoms. The molecule has 2 amide bonds. The summed E-state index contributed by atoms with van der Waals surface area (Å²) in [5.74, 6) is -0.462. The normalized spacial score (nSPS) is 11.0. The maximum Gasteiger partial charge on any atom is 0.272 e. The number of para-hydroxylation sites is 1. The van der Waals surface area contributed by atoms with Crippen LogP contribution in [0.4, 0.5) is 5.69 Å². The third-order valence-electron chi connectivity index (χ3n) is 4.13. The van der Waals surface area contributed by atoms with E-state index in [0.717, 1.165) is 14.5 Å². The van der Waals surface area contributed by atoms with Crippen molar-refractivity contribution in [2.45, 2.75) is 0 Å². The summed E-state index contributed by atoms with van der Waals surface area (Å²) in [5, 5.41) is 5.51. The first-order chi connectivity index (χ1) is 14.5. The fourth-order valence-electron chi connectivity index (χ4n) is 2.64. The zero-order chi connectivity index (χ0) is 21.5. The van der Waals surface area contributed by atoms with E-state index in [1.807, 2.05) is 36.4 Å². The summed E-state index contributed by atoms with van der Waals surface area (Å²) in [6.07, 6.45) is 1.62. The highest BCUT2D eigenvalue weighted by Crippen LogP contribution is 2.19. The van der Waals surface area contributed by atoms with E-state index in [0.29, 0.717) is 17.0 Å². The molecule has 0 bridgehead atoms. The number of ether oxygens (including phenoxy) is 1. The zero-order valence-electron chi connectivity index (χ0n) is 16.0. The number of anilines is 1. The van der Waals surface area contributed by atoms with Crippen molar-refractivity contribution in [2.24, 2.45) is 0 Å². The van der Waals surface area contributed by atoms with Crippen LogP contribution >= 0.6 is 31.9 Å². The van der Waals surface area contributed by atoms with Gasteiger partial charge in [-0.2, -0.15) is 0 Å². The second kappa shape index (κ2) is 10.2. The molecule has 0 heterocycles. The Morgan fingerprint density at radius 1 is 0.867 bits per heavy atom. The summed E-state index contributed by atoms with van der Waals surface area (Å²) in [6, 6.07) is 21.4. The van der Waals surface area contributed by atoms with E-state index in [1.165, 1.54) is 7.11 Å². The summed E-state index contributed by atoms with van der Waals surface area (Å²) in [7, 11) is 1.49. The van der Waals surface area contributed by atoms with Gasteiger partial charge in [0.2, 0.25) is 0 Å². The van der Waals surface area contributed by atoms with Gasteiger partial charge in [-0.05, 0) is 60.2 Å². The highest BCUT2D eigenvalue weighted by Gasteiger charge is 2.17. The number of halogens is 2. The van der Waals surface area contributed by atoms with Crippen molar-refractivity contribution >= 4 is 55.4 Å². The third-order valence-corrected chi connectivity index (χ3v) is 5.18. The van der Waals surface area contributed by atoms with Gasteiger partial charge in [-0.25, -0.2) is 0 Å². The van der Waals surface area contributed by atoms with Crippen LogP contribution in [0.2, 0.25) is 0 Å². The monoisotopic (exact) mass is 528 g/mol. The van der Waals surface area contributed by atoms with Gasteiger partial charge in [0.25, 0.3) is 11.8 Å². The standard InChI is InChI=1S/C23H18Br2N2O3/c1-30-21-5-3-2-4-19(21)22(28)27-20(14-15-6-8-16(24)9-7-15)23(29)26-18-12-10-17(25)11-13-18/h2-14H,1H3,(H,26,29)(H,27,28). The first kappa shape index (κ1) is 21.8. The number of hydrogen-bond donors (Lipinski definition) is 2. The van der Waals surface area contributed by atoms with Crippen LogP contribution in [0.25, 0.3) is 6.08 Å². The topological polar surface area (TPSA) is 67.4 Å². The van der Waals surface area contributed by atoms with Gasteiger partial charge in [-0.1, -0.05) is 56.1 Å². The minimum absolute atomic E-state index is 0.108. The summed E-state index contributed by atoms with van der Waals surface area (Å²) in [5.41, 5.74) is 1.81. The van der Waals surface area contributed by atoms with Gasteiger partial charge in [0.1, 0.15) is 11.4 Å². The van der Waals surface area contributed by atoms with Crippen molar-refractivity contribution in [3.05, 3.63) is 98.6 Å². The van der Waals surface area contributed by atoms with Gasteiger partial charge in [-0.3, -0.25) is 9.59 Å². The molecule has 5 nitrogen and oxygen atoms in total. The molecule has 0 aliphatic rings. The van der Waals surface area contributed by atoms with Crippen LogP contribution in [-0.4, -0.2) is 18.9 Å². The highest BCUT2D eigenvalue weighted by atomic mass is 79.9. The molecule has 3 rings (SSSR count). The van der Waals surface area contributed by atoms with Crippen LogP contribution in [-0.2, 0) is 4.79 Å². The highest BCUT2D eigenvalue weighted by molar-refractivity contribution is 9.10. The van der Waals surface area contributed by atoms with Crippen LogP contribution < -0.4 is 15.4 Å². The van der Waals surface area contributed by atoms with Crippen molar-refractivity contribution in [1.29, 1.82) is 0 Å². The molecular weight excluding hydrogens is 512 g/mol. The van der Waals surface area contributed by atoms with Crippen molar-refractivity contribution < 1.29 is 14.3 Å². The van der Waals surface area contributed by atoms with E-state index < -0.39 is 11.8 Å². The summed E-state index contributed by atoms with van der Waals surface area (Å²) < 4.78 is 7.07. The lowest BCUT2D eigenvalue weighted by Crippen LogP contribution is -2.31. The van der Waals surface area contributed by atoms with Gasteiger partial charge >= 0.3 is 0 Å². The van der Waals surface area contributed by atoms with Gasteiger partial charge < -0.3 is 15.4 Å². The molecule has 0 fully saturated rings. The van der Waals surface area contributed by atoms with Crippen LogP contribution in [0, 0.1) is 0 Å².